The summed E-state index contributed by atoms with van der Waals surface area (Å²) in [5.41, 5.74) is 3.27. The number of thioether (sulfide) groups is 1. The van der Waals surface area contributed by atoms with Crippen molar-refractivity contribution in [2.75, 3.05) is 4.90 Å². The number of amidine groups is 1. The van der Waals surface area contributed by atoms with E-state index in [-0.39, 0.29) is 28.1 Å². The van der Waals surface area contributed by atoms with Crippen molar-refractivity contribution in [2.24, 2.45) is 5.10 Å². The molecule has 1 saturated heterocycles. The van der Waals surface area contributed by atoms with E-state index >= 15 is 0 Å². The lowest BCUT2D eigenvalue weighted by Gasteiger charge is -2.18. The molecule has 3 rings (SSSR count). The van der Waals surface area contributed by atoms with Crippen LogP contribution in [-0.4, -0.2) is 32.3 Å². The van der Waals surface area contributed by atoms with Crippen molar-refractivity contribution in [2.45, 2.75) is 19.1 Å². The topological polar surface area (TPSA) is 125 Å². The molecule has 0 radical (unpaired) electrons. The maximum atomic E-state index is 12.6. The minimum Gasteiger partial charge on any atom is -0.507 e. The second-order valence-corrected chi connectivity index (χ2v) is 7.32. The van der Waals surface area contributed by atoms with Crippen LogP contribution < -0.4 is 10.3 Å². The number of nitrogens with one attached hydrogen (secondary N) is 1. The van der Waals surface area contributed by atoms with Crippen LogP contribution in [0.15, 0.2) is 47.6 Å². The number of hydrazone groups is 1. The number of aryl methyl sites for hydroxylation is 1. The fraction of sp³-hybridized carbons (Fsp3) is 0.167. The van der Waals surface area contributed by atoms with Gasteiger partial charge in [0.1, 0.15) is 5.75 Å². The molecule has 2 amide bonds. The summed E-state index contributed by atoms with van der Waals surface area (Å²) in [6.07, 6.45) is 0. The number of rotatable bonds is 4. The van der Waals surface area contributed by atoms with Gasteiger partial charge >= 0.3 is 0 Å². The van der Waals surface area contributed by atoms with Gasteiger partial charge in [-0.15, -0.1) is 5.10 Å². The van der Waals surface area contributed by atoms with Gasteiger partial charge in [-0.2, -0.15) is 0 Å². The summed E-state index contributed by atoms with van der Waals surface area (Å²) in [7, 11) is 0. The molecule has 144 valence electrons. The highest BCUT2D eigenvalue weighted by molar-refractivity contribution is 8.16. The van der Waals surface area contributed by atoms with Crippen LogP contribution in [0.3, 0.4) is 0 Å². The average Bonchev–Trinajstić information content (AvgIpc) is 2.94. The number of anilines is 1. The molecule has 9 nitrogen and oxygen atoms in total. The molecule has 2 N–H and O–H groups in total. The van der Waals surface area contributed by atoms with Crippen LogP contribution in [0.2, 0.25) is 0 Å². The molecule has 0 aliphatic carbocycles. The number of hydrogen-bond acceptors (Lipinski definition) is 7. The normalized spacial score (nSPS) is 17.8. The highest BCUT2D eigenvalue weighted by Crippen LogP contribution is 2.34. The zero-order valence-electron chi connectivity index (χ0n) is 14.9. The molecule has 1 aliphatic heterocycles. The average molecular weight is 400 g/mol. The fourth-order valence-corrected chi connectivity index (χ4v) is 3.58. The number of hydrogen-bond donors (Lipinski definition) is 2. The van der Waals surface area contributed by atoms with Crippen LogP contribution in [0.1, 0.15) is 22.8 Å². The number of nitro benzene ring substituents is 1. The van der Waals surface area contributed by atoms with E-state index in [1.165, 1.54) is 35.2 Å². The molecule has 1 atom stereocenters. The Kier molecular flexibility index (Phi) is 5.32. The first-order chi connectivity index (χ1) is 13.3. The maximum Gasteiger partial charge on any atom is 0.275 e. The molecule has 0 saturated carbocycles. The van der Waals surface area contributed by atoms with Crippen molar-refractivity contribution in [3.63, 3.8) is 0 Å². The summed E-state index contributed by atoms with van der Waals surface area (Å²) in [5.74, 6) is -1.07. The standard InChI is InChI=1S/C18H16N4O5S/c1-10-9-12(22(26)27)7-8-14(10)21-17(25)11(2)28-18(21)20-19-16(24)13-5-3-4-6-15(13)23/h3-9,11,23H,1-2H3,(H,19,24). The number of amides is 2. The third kappa shape index (κ3) is 3.67. The van der Waals surface area contributed by atoms with E-state index in [9.17, 15) is 24.8 Å². The molecular weight excluding hydrogens is 384 g/mol. The van der Waals surface area contributed by atoms with Crippen molar-refractivity contribution < 1.29 is 19.6 Å². The lowest BCUT2D eigenvalue weighted by Crippen LogP contribution is -2.33. The summed E-state index contributed by atoms with van der Waals surface area (Å²) >= 11 is 1.15. The first-order valence-electron chi connectivity index (χ1n) is 8.21. The Bertz CT molecular complexity index is 1010. The van der Waals surface area contributed by atoms with Crippen LogP contribution in [0, 0.1) is 17.0 Å². The van der Waals surface area contributed by atoms with E-state index in [1.807, 2.05) is 0 Å². The molecule has 1 unspecified atom stereocenters. The number of nitrogens with zero attached hydrogens (tertiary/aromatic N) is 3. The summed E-state index contributed by atoms with van der Waals surface area (Å²) < 4.78 is 0. The number of benzene rings is 2. The fourth-order valence-electron chi connectivity index (χ4n) is 2.66. The molecule has 2 aromatic carbocycles. The number of carbonyl (C=O) groups is 2. The predicted octanol–water partition coefficient (Wildman–Crippen LogP) is 2.78. The van der Waals surface area contributed by atoms with E-state index in [0.29, 0.717) is 11.3 Å². The summed E-state index contributed by atoms with van der Waals surface area (Å²) in [6.45, 7) is 3.36. The smallest absolute Gasteiger partial charge is 0.275 e. The first-order valence-corrected chi connectivity index (χ1v) is 9.09. The summed E-state index contributed by atoms with van der Waals surface area (Å²) in [4.78, 5) is 36.6. The Morgan fingerprint density at radius 1 is 1.32 bits per heavy atom. The van der Waals surface area contributed by atoms with E-state index < -0.39 is 16.1 Å². The van der Waals surface area contributed by atoms with E-state index in [4.69, 9.17) is 0 Å². The van der Waals surface area contributed by atoms with Crippen LogP contribution in [-0.2, 0) is 4.79 Å². The number of phenolic OH excluding ortho intramolecular Hbond substituents is 1. The van der Waals surface area contributed by atoms with Crippen LogP contribution in [0.4, 0.5) is 11.4 Å². The number of para-hydroxylation sites is 1. The SMILES string of the molecule is Cc1cc([N+](=O)[O-])ccc1N1C(=O)C(C)SC1=NNC(=O)c1ccccc1O. The van der Waals surface area contributed by atoms with Crippen LogP contribution >= 0.6 is 11.8 Å². The molecule has 10 heteroatoms. The molecular formula is C18H16N4O5S. The number of carbonyl (C=O) groups excluding carboxylic acids is 2. The van der Waals surface area contributed by atoms with Gasteiger partial charge in [-0.1, -0.05) is 23.9 Å². The zero-order chi connectivity index (χ0) is 20.4. The lowest BCUT2D eigenvalue weighted by molar-refractivity contribution is -0.384. The van der Waals surface area contributed by atoms with Gasteiger partial charge in [0, 0.05) is 12.1 Å². The Balaban J connectivity index is 1.91. The van der Waals surface area contributed by atoms with Gasteiger partial charge in [0.2, 0.25) is 5.91 Å². The lowest BCUT2D eigenvalue weighted by atomic mass is 10.1. The molecule has 1 aliphatic rings. The maximum absolute atomic E-state index is 12.6. The Morgan fingerprint density at radius 3 is 2.68 bits per heavy atom. The Hall–Kier alpha value is -3.40. The third-order valence-electron chi connectivity index (χ3n) is 4.08. The number of aromatic hydroxyl groups is 1. The summed E-state index contributed by atoms with van der Waals surface area (Å²) in [6, 6.07) is 10.2. The van der Waals surface area contributed by atoms with Gasteiger partial charge in [-0.3, -0.25) is 24.6 Å². The zero-order valence-corrected chi connectivity index (χ0v) is 15.8. The Labute approximate surface area is 164 Å². The second kappa shape index (κ2) is 7.69. The van der Waals surface area contributed by atoms with Crippen molar-refractivity contribution >= 4 is 40.1 Å². The molecule has 1 fully saturated rings. The van der Waals surface area contributed by atoms with Gasteiger partial charge in [-0.05, 0) is 37.6 Å². The minimum atomic E-state index is -0.626. The first kappa shape index (κ1) is 19.4. The van der Waals surface area contributed by atoms with Gasteiger partial charge < -0.3 is 5.11 Å². The number of non-ortho nitro benzene ring substituents is 1. The van der Waals surface area contributed by atoms with E-state index in [1.54, 1.807) is 26.0 Å². The highest BCUT2D eigenvalue weighted by atomic mass is 32.2. The summed E-state index contributed by atoms with van der Waals surface area (Å²) in [5, 5.41) is 24.5. The van der Waals surface area contributed by atoms with Crippen molar-refractivity contribution in [1.82, 2.24) is 5.43 Å². The van der Waals surface area contributed by atoms with Crippen LogP contribution in [0.25, 0.3) is 0 Å². The van der Waals surface area contributed by atoms with E-state index in [2.05, 4.69) is 10.5 Å². The van der Waals surface area contributed by atoms with Crippen molar-refractivity contribution in [3.8, 4) is 5.75 Å². The van der Waals surface area contributed by atoms with E-state index in [0.717, 1.165) is 11.8 Å². The van der Waals surface area contributed by atoms with Crippen LogP contribution in [0.5, 0.6) is 5.75 Å². The molecule has 0 aromatic heterocycles. The van der Waals surface area contributed by atoms with Crippen molar-refractivity contribution in [3.05, 3.63) is 63.7 Å². The molecule has 2 aromatic rings. The Morgan fingerprint density at radius 2 is 2.04 bits per heavy atom. The molecule has 28 heavy (non-hydrogen) atoms. The highest BCUT2D eigenvalue weighted by Gasteiger charge is 2.37. The van der Waals surface area contributed by atoms with Gasteiger partial charge in [-0.25, -0.2) is 5.43 Å². The second-order valence-electron chi connectivity index (χ2n) is 6.01. The van der Waals surface area contributed by atoms with Crippen molar-refractivity contribution in [1.29, 1.82) is 0 Å². The van der Waals surface area contributed by atoms with Gasteiger partial charge in [0.05, 0.1) is 21.4 Å². The molecule has 0 bridgehead atoms. The monoisotopic (exact) mass is 400 g/mol. The third-order valence-corrected chi connectivity index (χ3v) is 5.12. The van der Waals surface area contributed by atoms with Gasteiger partial charge in [0.25, 0.3) is 11.6 Å². The largest absolute Gasteiger partial charge is 0.507 e. The predicted molar refractivity (Wildman–Crippen MR) is 105 cm³/mol. The number of phenols is 1. The van der Waals surface area contributed by atoms with Gasteiger partial charge in [0.15, 0.2) is 5.17 Å². The minimum absolute atomic E-state index is 0.0484. The quantitative estimate of drug-likeness (QED) is 0.600. The molecule has 0 spiro atoms. The number of nitro groups is 1. The molecule has 1 heterocycles.